The van der Waals surface area contributed by atoms with Crippen molar-refractivity contribution in [1.82, 2.24) is 15.3 Å². The molecule has 94 valence electrons. The fourth-order valence-electron chi connectivity index (χ4n) is 2.14. The highest BCUT2D eigenvalue weighted by atomic mass is 35.5. The Kier molecular flexibility index (Phi) is 4.02. The summed E-state index contributed by atoms with van der Waals surface area (Å²) in [5.74, 6) is 1.43. The number of ether oxygens (including phenoxy) is 1. The summed E-state index contributed by atoms with van der Waals surface area (Å²) in [6.07, 6.45) is 2.75. The average molecular weight is 257 g/mol. The van der Waals surface area contributed by atoms with Crippen LogP contribution in [0, 0.1) is 5.92 Å². The number of hydrogen-bond donors (Lipinski definition) is 1. The van der Waals surface area contributed by atoms with Crippen molar-refractivity contribution in [3.8, 4) is 6.01 Å². The zero-order valence-electron chi connectivity index (χ0n) is 10.1. The average Bonchev–Trinajstić information content (AvgIpc) is 2.79. The zero-order chi connectivity index (χ0) is 12.3. The molecule has 1 N–H and O–H groups in total. The van der Waals surface area contributed by atoms with Crippen LogP contribution in [-0.4, -0.2) is 43.8 Å². The van der Waals surface area contributed by atoms with Gasteiger partial charge >= 0.3 is 6.01 Å². The van der Waals surface area contributed by atoms with Crippen LogP contribution in [0.5, 0.6) is 6.01 Å². The van der Waals surface area contributed by atoms with Gasteiger partial charge in [-0.2, -0.15) is 4.98 Å². The van der Waals surface area contributed by atoms with E-state index in [4.69, 9.17) is 16.3 Å². The molecule has 6 heteroatoms. The first-order valence-corrected chi connectivity index (χ1v) is 6.08. The van der Waals surface area contributed by atoms with E-state index < -0.39 is 0 Å². The van der Waals surface area contributed by atoms with E-state index in [-0.39, 0.29) is 0 Å². The number of nitrogens with zero attached hydrogens (tertiary/aromatic N) is 3. The van der Waals surface area contributed by atoms with E-state index in [0.29, 0.717) is 17.0 Å². The van der Waals surface area contributed by atoms with Gasteiger partial charge in [0.25, 0.3) is 0 Å². The normalized spacial score (nSPS) is 19.7. The molecule has 0 aliphatic carbocycles. The molecule has 1 aliphatic rings. The van der Waals surface area contributed by atoms with Crippen LogP contribution < -0.4 is 15.0 Å². The molecule has 0 radical (unpaired) electrons. The number of anilines is 1. The summed E-state index contributed by atoms with van der Waals surface area (Å²) in [5.41, 5.74) is 0. The molecule has 5 nitrogen and oxygen atoms in total. The van der Waals surface area contributed by atoms with Gasteiger partial charge in [-0.1, -0.05) is 11.6 Å². The topological polar surface area (TPSA) is 50.3 Å². The van der Waals surface area contributed by atoms with E-state index in [0.717, 1.165) is 31.9 Å². The minimum atomic E-state index is 0.362. The molecule has 1 atom stereocenters. The Bertz CT molecular complexity index is 388. The number of halogens is 1. The molecule has 1 aromatic rings. The number of methoxy groups -OCH3 is 1. The Labute approximate surface area is 106 Å². The molecular weight excluding hydrogens is 240 g/mol. The third kappa shape index (κ3) is 2.79. The first-order chi connectivity index (χ1) is 8.24. The first kappa shape index (κ1) is 12.4. The molecule has 2 heterocycles. The third-order valence-electron chi connectivity index (χ3n) is 2.96. The lowest BCUT2D eigenvalue weighted by molar-refractivity contribution is 0.380. The predicted octanol–water partition coefficient (Wildman–Crippen LogP) is 1.18. The van der Waals surface area contributed by atoms with Crippen molar-refractivity contribution >= 4 is 17.4 Å². The summed E-state index contributed by atoms with van der Waals surface area (Å²) in [6.45, 7) is 2.98. The Hall–Kier alpha value is -1.07. The van der Waals surface area contributed by atoms with Crippen LogP contribution in [0.1, 0.15) is 6.42 Å². The van der Waals surface area contributed by atoms with Gasteiger partial charge in [-0.25, -0.2) is 4.98 Å². The smallest absolute Gasteiger partial charge is 0.318 e. The van der Waals surface area contributed by atoms with E-state index in [1.54, 1.807) is 13.3 Å². The minimum Gasteiger partial charge on any atom is -0.467 e. The summed E-state index contributed by atoms with van der Waals surface area (Å²) in [7, 11) is 3.53. The lowest BCUT2D eigenvalue weighted by atomic mass is 10.1. The maximum absolute atomic E-state index is 6.12. The van der Waals surface area contributed by atoms with Crippen LogP contribution >= 0.6 is 11.6 Å². The zero-order valence-corrected chi connectivity index (χ0v) is 10.9. The van der Waals surface area contributed by atoms with Crippen LogP contribution in [-0.2, 0) is 0 Å². The van der Waals surface area contributed by atoms with E-state index in [9.17, 15) is 0 Å². The van der Waals surface area contributed by atoms with Gasteiger partial charge in [0, 0.05) is 13.1 Å². The van der Waals surface area contributed by atoms with Crippen molar-refractivity contribution in [3.63, 3.8) is 0 Å². The molecule has 0 spiro atoms. The second kappa shape index (κ2) is 5.51. The van der Waals surface area contributed by atoms with E-state index in [1.165, 1.54) is 0 Å². The monoisotopic (exact) mass is 256 g/mol. The maximum atomic E-state index is 6.12. The van der Waals surface area contributed by atoms with Crippen molar-refractivity contribution in [3.05, 3.63) is 11.2 Å². The number of aromatic nitrogens is 2. The molecule has 0 bridgehead atoms. The Morgan fingerprint density at radius 3 is 3.18 bits per heavy atom. The van der Waals surface area contributed by atoms with Crippen molar-refractivity contribution in [2.45, 2.75) is 6.42 Å². The van der Waals surface area contributed by atoms with Crippen LogP contribution in [0.25, 0.3) is 0 Å². The van der Waals surface area contributed by atoms with Gasteiger partial charge in [0.2, 0.25) is 0 Å². The van der Waals surface area contributed by atoms with E-state index in [1.807, 2.05) is 7.05 Å². The molecule has 1 unspecified atom stereocenters. The molecule has 2 rings (SSSR count). The minimum absolute atomic E-state index is 0.362. The molecular formula is C11H17ClN4O. The second-order valence-electron chi connectivity index (χ2n) is 4.19. The molecule has 0 amide bonds. The fourth-order valence-corrected chi connectivity index (χ4v) is 2.35. The number of nitrogens with one attached hydrogen (secondary N) is 1. The van der Waals surface area contributed by atoms with Gasteiger partial charge in [-0.3, -0.25) is 0 Å². The summed E-state index contributed by atoms with van der Waals surface area (Å²) in [5, 5.41) is 3.78. The highest BCUT2D eigenvalue weighted by Gasteiger charge is 2.25. The van der Waals surface area contributed by atoms with Crippen molar-refractivity contribution < 1.29 is 4.74 Å². The molecule has 1 aliphatic heterocycles. The largest absolute Gasteiger partial charge is 0.467 e. The fraction of sp³-hybridized carbons (Fsp3) is 0.636. The third-order valence-corrected chi connectivity index (χ3v) is 3.23. The first-order valence-electron chi connectivity index (χ1n) is 5.70. The highest BCUT2D eigenvalue weighted by Crippen LogP contribution is 2.29. The molecule has 17 heavy (non-hydrogen) atoms. The van der Waals surface area contributed by atoms with Gasteiger partial charge in [0.1, 0.15) is 5.02 Å². The van der Waals surface area contributed by atoms with Gasteiger partial charge < -0.3 is 15.0 Å². The van der Waals surface area contributed by atoms with Crippen LogP contribution in [0.3, 0.4) is 0 Å². The standard InChI is InChI=1S/C11H17ClN4O/c1-13-5-8-3-4-16(7-8)10-9(12)6-14-11(15-10)17-2/h6,8,13H,3-5,7H2,1-2H3. The number of hydrogen-bond acceptors (Lipinski definition) is 5. The summed E-state index contributed by atoms with van der Waals surface area (Å²) < 4.78 is 5.02. The Morgan fingerprint density at radius 2 is 2.47 bits per heavy atom. The summed E-state index contributed by atoms with van der Waals surface area (Å²) in [4.78, 5) is 10.5. The van der Waals surface area contributed by atoms with Crippen molar-refractivity contribution in [2.24, 2.45) is 5.92 Å². The van der Waals surface area contributed by atoms with Crippen molar-refractivity contribution in [1.29, 1.82) is 0 Å². The molecule has 1 saturated heterocycles. The lowest BCUT2D eigenvalue weighted by Gasteiger charge is -2.18. The predicted molar refractivity (Wildman–Crippen MR) is 67.8 cm³/mol. The molecule has 1 fully saturated rings. The molecule has 0 saturated carbocycles. The molecule has 1 aromatic heterocycles. The van der Waals surface area contributed by atoms with E-state index >= 15 is 0 Å². The Balaban J connectivity index is 2.12. The Morgan fingerprint density at radius 1 is 1.65 bits per heavy atom. The van der Waals surface area contributed by atoms with Crippen molar-refractivity contribution in [2.75, 3.05) is 38.7 Å². The van der Waals surface area contributed by atoms with Crippen LogP contribution in [0.4, 0.5) is 5.82 Å². The summed E-state index contributed by atoms with van der Waals surface area (Å²) in [6, 6.07) is 0.362. The van der Waals surface area contributed by atoms with E-state index in [2.05, 4.69) is 20.2 Å². The quantitative estimate of drug-likeness (QED) is 0.877. The van der Waals surface area contributed by atoms with Gasteiger partial charge in [-0.05, 0) is 25.9 Å². The second-order valence-corrected chi connectivity index (χ2v) is 4.59. The van der Waals surface area contributed by atoms with Gasteiger partial charge in [0.15, 0.2) is 5.82 Å². The maximum Gasteiger partial charge on any atom is 0.318 e. The summed E-state index contributed by atoms with van der Waals surface area (Å²) >= 11 is 6.12. The lowest BCUT2D eigenvalue weighted by Crippen LogP contribution is -2.25. The SMILES string of the molecule is CNCC1CCN(c2nc(OC)ncc2Cl)C1. The highest BCUT2D eigenvalue weighted by molar-refractivity contribution is 6.32. The number of rotatable bonds is 4. The van der Waals surface area contributed by atoms with Crippen LogP contribution in [0.2, 0.25) is 5.02 Å². The van der Waals surface area contributed by atoms with Gasteiger partial charge in [-0.15, -0.1) is 0 Å². The van der Waals surface area contributed by atoms with Crippen LogP contribution in [0.15, 0.2) is 6.20 Å². The molecule has 0 aromatic carbocycles. The van der Waals surface area contributed by atoms with Gasteiger partial charge in [0.05, 0.1) is 13.3 Å².